The van der Waals surface area contributed by atoms with Gasteiger partial charge in [-0.15, -0.1) is 0 Å². The van der Waals surface area contributed by atoms with Crippen molar-refractivity contribution in [3.63, 3.8) is 0 Å². The van der Waals surface area contributed by atoms with Crippen LogP contribution in [0, 0.1) is 28.1 Å². The Morgan fingerprint density at radius 3 is 1.92 bits per heavy atom. The first-order chi connectivity index (χ1) is 24.1. The summed E-state index contributed by atoms with van der Waals surface area (Å²) in [6.07, 6.45) is -3.58. The fraction of sp³-hybridized carbons (Fsp3) is 0.722. The van der Waals surface area contributed by atoms with E-state index >= 15 is 0 Å². The van der Waals surface area contributed by atoms with Crippen molar-refractivity contribution < 1.29 is 76.2 Å². The van der Waals surface area contributed by atoms with Crippen molar-refractivity contribution in [3.05, 3.63) is 24.2 Å². The summed E-state index contributed by atoms with van der Waals surface area (Å²) >= 11 is 0. The number of furan rings is 1. The number of carbonyl (C=O) groups excluding carboxylic acids is 6. The number of rotatable bonds is 9. The van der Waals surface area contributed by atoms with Crippen molar-refractivity contribution in [2.45, 2.75) is 121 Å². The molecule has 7 rings (SSSR count). The van der Waals surface area contributed by atoms with Crippen LogP contribution in [0.4, 0.5) is 0 Å². The summed E-state index contributed by atoms with van der Waals surface area (Å²) in [6, 6.07) is 1.43. The summed E-state index contributed by atoms with van der Waals surface area (Å²) in [4.78, 5) is 81.4. The molecule has 3 heterocycles. The molecule has 52 heavy (non-hydrogen) atoms. The third-order valence-electron chi connectivity index (χ3n) is 13.5. The maximum Gasteiger partial charge on any atom is 0.305 e. The molecule has 16 nitrogen and oxygen atoms in total. The van der Waals surface area contributed by atoms with Crippen LogP contribution in [-0.2, 0) is 61.9 Å². The molecule has 2 saturated heterocycles. The number of methoxy groups -OCH3 is 2. The van der Waals surface area contributed by atoms with Gasteiger partial charge in [0.1, 0.15) is 24.1 Å². The van der Waals surface area contributed by atoms with Crippen LogP contribution in [0.15, 0.2) is 23.0 Å². The maximum atomic E-state index is 14.9. The second kappa shape index (κ2) is 10.9. The lowest BCUT2D eigenvalue weighted by atomic mass is 9.33. The fourth-order valence-corrected chi connectivity index (χ4v) is 12.3. The van der Waals surface area contributed by atoms with Crippen LogP contribution in [0.1, 0.15) is 84.5 Å². The second-order valence-corrected chi connectivity index (χ2v) is 15.9. The summed E-state index contributed by atoms with van der Waals surface area (Å²) in [5, 5.41) is 13.7. The highest BCUT2D eigenvalue weighted by atomic mass is 16.9. The van der Waals surface area contributed by atoms with E-state index in [4.69, 9.17) is 42.3 Å². The number of hydrogen-bond donors (Lipinski definition) is 1. The Hall–Kier alpha value is -3.86. The number of hydrogen-bond acceptors (Lipinski definition) is 16. The van der Waals surface area contributed by atoms with E-state index in [1.807, 2.05) is 0 Å². The summed E-state index contributed by atoms with van der Waals surface area (Å²) in [7, 11) is 2.37. The summed E-state index contributed by atoms with van der Waals surface area (Å²) in [6.45, 7) is 9.85. The lowest BCUT2D eigenvalue weighted by molar-refractivity contribution is -0.486. The first kappa shape index (κ1) is 36.5. The first-order valence-electron chi connectivity index (χ1n) is 17.2. The fourth-order valence-electron chi connectivity index (χ4n) is 12.3. The molecule has 2 spiro atoms. The Morgan fingerprint density at radius 2 is 1.38 bits per heavy atom. The number of aliphatic hydroxyl groups is 1. The molecule has 284 valence electrons. The maximum absolute atomic E-state index is 14.9. The standard InChI is InChI=1S/C36H44O16/c1-17(37)47-23-14-29(4,26(42)20-10-11-46-15-20)22(13-25(41)45-9)35-28(49-19(3)39)34(43)27(48-18(2)38)30(5)16-33(34)31(6,21(30)12-24(40)44-8)36(23,35)52-32(7,50-33)51-35/h10-11,15,21-23,27-28,43H,12-14,16H2,1-9H3/t21-,22+,23+,27-,28+,29+,30-,31+,32?,33+,34-,35+,36-/m0/s1. The average Bonchev–Trinajstić information content (AvgIpc) is 3.75. The molecule has 0 aromatic carbocycles. The van der Waals surface area contributed by atoms with Gasteiger partial charge in [-0.2, -0.15) is 0 Å². The van der Waals surface area contributed by atoms with E-state index in [0.717, 1.165) is 21.0 Å². The van der Waals surface area contributed by atoms with Gasteiger partial charge in [-0.3, -0.25) is 28.8 Å². The Balaban J connectivity index is 1.66. The SMILES string of the molecule is COC(=O)C[C@H]1[C@]2(C)C[C@]34OC5(C)O[C@@]6([C@H](OC(C)=O)[C@@]3(O)[C@H]2OC(C)=O)[C@H](CC(=O)OC)[C@](C)(C(=O)c2ccoc2)C[C@@H](OC(C)=O)[C@]6(O5)[C@]14C. The quantitative estimate of drug-likeness (QED) is 0.219. The lowest BCUT2D eigenvalue weighted by Crippen LogP contribution is -2.96. The number of fused-ring (bicyclic) bond motifs is 2. The molecule has 4 bridgehead atoms. The van der Waals surface area contributed by atoms with Crippen LogP contribution in [-0.4, -0.2) is 102 Å². The smallest absolute Gasteiger partial charge is 0.305 e. The van der Waals surface area contributed by atoms with Gasteiger partial charge in [0.05, 0.1) is 32.5 Å². The van der Waals surface area contributed by atoms with Gasteiger partial charge >= 0.3 is 29.8 Å². The van der Waals surface area contributed by atoms with E-state index in [1.165, 1.54) is 39.5 Å². The van der Waals surface area contributed by atoms with Crippen LogP contribution in [0.2, 0.25) is 0 Å². The zero-order valence-electron chi connectivity index (χ0n) is 30.5. The van der Waals surface area contributed by atoms with E-state index in [-0.39, 0.29) is 24.8 Å². The zero-order chi connectivity index (χ0) is 38.2. The molecule has 6 fully saturated rings. The van der Waals surface area contributed by atoms with E-state index in [1.54, 1.807) is 20.8 Å². The molecule has 13 atom stereocenters. The van der Waals surface area contributed by atoms with E-state index in [0.29, 0.717) is 0 Å². The summed E-state index contributed by atoms with van der Waals surface area (Å²) < 4.78 is 54.9. The van der Waals surface area contributed by atoms with Crippen molar-refractivity contribution in [1.82, 2.24) is 0 Å². The number of ether oxygens (including phenoxy) is 8. The molecule has 1 aromatic rings. The normalized spacial score (nSPS) is 47.3. The molecule has 4 saturated carbocycles. The van der Waals surface area contributed by atoms with Crippen molar-refractivity contribution in [2.24, 2.45) is 28.1 Å². The molecule has 4 aliphatic carbocycles. The second-order valence-electron chi connectivity index (χ2n) is 15.9. The highest BCUT2D eigenvalue weighted by Gasteiger charge is 3.05. The molecule has 1 N–H and O–H groups in total. The van der Waals surface area contributed by atoms with Gasteiger partial charge in [0, 0.05) is 62.7 Å². The highest BCUT2D eigenvalue weighted by molar-refractivity contribution is 6.01. The molecule has 6 aliphatic rings. The predicted octanol–water partition coefficient (Wildman–Crippen LogP) is 2.17. The molecule has 1 aromatic heterocycles. The average molecular weight is 733 g/mol. The Labute approximate surface area is 299 Å². The van der Waals surface area contributed by atoms with Gasteiger partial charge in [-0.05, 0) is 18.4 Å². The Bertz CT molecular complexity index is 1770. The summed E-state index contributed by atoms with van der Waals surface area (Å²) in [5.41, 5.74) is -13.4. The number of carbonyl (C=O) groups is 6. The van der Waals surface area contributed by atoms with Crippen molar-refractivity contribution >= 4 is 35.6 Å². The minimum absolute atomic E-state index is 0.0792. The molecule has 1 unspecified atom stereocenters. The topological polar surface area (TPSA) is 210 Å². The highest BCUT2D eigenvalue weighted by Crippen LogP contribution is 2.89. The summed E-state index contributed by atoms with van der Waals surface area (Å²) in [5.74, 6) is -8.95. The van der Waals surface area contributed by atoms with Gasteiger partial charge < -0.3 is 47.4 Å². The van der Waals surface area contributed by atoms with Crippen molar-refractivity contribution in [2.75, 3.05) is 14.2 Å². The zero-order valence-corrected chi connectivity index (χ0v) is 30.5. The largest absolute Gasteiger partial charge is 0.472 e. The lowest BCUT2D eigenvalue weighted by Gasteiger charge is -2.77. The van der Waals surface area contributed by atoms with E-state index in [2.05, 4.69) is 0 Å². The third kappa shape index (κ3) is 3.86. The van der Waals surface area contributed by atoms with Gasteiger partial charge in [-0.25, -0.2) is 0 Å². The molecule has 2 aliphatic heterocycles. The minimum Gasteiger partial charge on any atom is -0.472 e. The van der Waals surface area contributed by atoms with Gasteiger partial charge in [0.2, 0.25) is 0 Å². The van der Waals surface area contributed by atoms with Gasteiger partial charge in [0.25, 0.3) is 5.97 Å². The van der Waals surface area contributed by atoms with Gasteiger partial charge in [-0.1, -0.05) is 20.8 Å². The van der Waals surface area contributed by atoms with Crippen LogP contribution in [0.3, 0.4) is 0 Å². The van der Waals surface area contributed by atoms with Crippen LogP contribution in [0.25, 0.3) is 0 Å². The Morgan fingerprint density at radius 1 is 0.808 bits per heavy atom. The number of ketones is 1. The van der Waals surface area contributed by atoms with E-state index in [9.17, 15) is 33.9 Å². The van der Waals surface area contributed by atoms with Gasteiger partial charge in [0.15, 0.2) is 28.7 Å². The molecular formula is C36H44O16. The minimum atomic E-state index is -2.49. The van der Waals surface area contributed by atoms with Crippen LogP contribution < -0.4 is 0 Å². The monoisotopic (exact) mass is 732 g/mol. The molecule has 0 amide bonds. The number of esters is 5. The van der Waals surface area contributed by atoms with Crippen molar-refractivity contribution in [1.29, 1.82) is 0 Å². The molecular weight excluding hydrogens is 688 g/mol. The molecule has 0 radical (unpaired) electrons. The van der Waals surface area contributed by atoms with Crippen molar-refractivity contribution in [3.8, 4) is 0 Å². The van der Waals surface area contributed by atoms with Crippen LogP contribution in [0.5, 0.6) is 0 Å². The van der Waals surface area contributed by atoms with E-state index < -0.39 is 117 Å². The number of Topliss-reactive ketones (excluding diaryl/α,β-unsaturated/α-hetero) is 1. The Kier molecular flexibility index (Phi) is 7.62. The molecule has 16 heteroatoms. The first-order valence-corrected chi connectivity index (χ1v) is 17.2. The van der Waals surface area contributed by atoms with Crippen LogP contribution >= 0.6 is 0 Å². The third-order valence-corrected chi connectivity index (χ3v) is 13.5. The predicted molar refractivity (Wildman–Crippen MR) is 168 cm³/mol.